The summed E-state index contributed by atoms with van der Waals surface area (Å²) in [4.78, 5) is 0. The molecule has 2 aromatic rings. The number of nitrogens with one attached hydrogen (secondary N) is 1. The Balaban J connectivity index is 2.06. The van der Waals surface area contributed by atoms with E-state index in [4.69, 9.17) is 15.2 Å². The van der Waals surface area contributed by atoms with E-state index in [0.29, 0.717) is 0 Å². The fourth-order valence-electron chi connectivity index (χ4n) is 2.34. The SMILES string of the molecule is COCC(N)C(O)Nc1ccc(-c2cccc(OC(C)C)c2)cc1. The van der Waals surface area contributed by atoms with Gasteiger partial charge in [0.1, 0.15) is 12.0 Å². The first-order valence-corrected chi connectivity index (χ1v) is 8.06. The van der Waals surface area contributed by atoms with Gasteiger partial charge in [-0.25, -0.2) is 0 Å². The van der Waals surface area contributed by atoms with Gasteiger partial charge in [-0.05, 0) is 49.2 Å². The number of hydrogen-bond acceptors (Lipinski definition) is 5. The number of methoxy groups -OCH3 is 1. The molecule has 0 aliphatic carbocycles. The molecule has 0 saturated heterocycles. The predicted octanol–water partition coefficient (Wildman–Crippen LogP) is 2.84. The highest BCUT2D eigenvalue weighted by molar-refractivity contribution is 5.67. The molecule has 5 heteroatoms. The molecule has 0 aliphatic rings. The Kier molecular flexibility index (Phi) is 6.61. The summed E-state index contributed by atoms with van der Waals surface area (Å²) in [5.74, 6) is 0.852. The Labute approximate surface area is 143 Å². The Morgan fingerprint density at radius 1 is 1.08 bits per heavy atom. The highest BCUT2D eigenvalue weighted by Gasteiger charge is 2.14. The number of hydrogen-bond donors (Lipinski definition) is 3. The standard InChI is InChI=1S/C19H26N2O3/c1-13(2)24-17-6-4-5-15(11-17)14-7-9-16(10-8-14)21-19(22)18(20)12-23-3/h4-11,13,18-19,21-22H,12,20H2,1-3H3. The second kappa shape index (κ2) is 8.68. The first kappa shape index (κ1) is 18.3. The van der Waals surface area contributed by atoms with Crippen molar-refractivity contribution >= 4 is 5.69 Å². The summed E-state index contributed by atoms with van der Waals surface area (Å²) in [6, 6.07) is 15.3. The third kappa shape index (κ3) is 5.23. The zero-order chi connectivity index (χ0) is 17.5. The second-order valence-corrected chi connectivity index (χ2v) is 5.98. The van der Waals surface area contributed by atoms with Crippen LogP contribution in [0.2, 0.25) is 0 Å². The largest absolute Gasteiger partial charge is 0.491 e. The zero-order valence-corrected chi connectivity index (χ0v) is 14.4. The number of rotatable bonds is 8. The van der Waals surface area contributed by atoms with Gasteiger partial charge in [0.05, 0.1) is 18.8 Å². The maximum absolute atomic E-state index is 9.98. The molecule has 4 N–H and O–H groups in total. The summed E-state index contributed by atoms with van der Waals surface area (Å²) in [6.07, 6.45) is -0.719. The molecule has 2 aromatic carbocycles. The van der Waals surface area contributed by atoms with Gasteiger partial charge in [0, 0.05) is 12.8 Å². The van der Waals surface area contributed by atoms with Crippen molar-refractivity contribution < 1.29 is 14.6 Å². The molecule has 2 atom stereocenters. The van der Waals surface area contributed by atoms with Crippen LogP contribution in [0.25, 0.3) is 11.1 Å². The van der Waals surface area contributed by atoms with Gasteiger partial charge < -0.3 is 25.6 Å². The van der Waals surface area contributed by atoms with Gasteiger partial charge in [0.25, 0.3) is 0 Å². The van der Waals surface area contributed by atoms with Crippen LogP contribution in [0.3, 0.4) is 0 Å². The van der Waals surface area contributed by atoms with E-state index in [0.717, 1.165) is 22.6 Å². The third-order valence-corrected chi connectivity index (χ3v) is 3.50. The number of aliphatic hydroxyl groups excluding tert-OH is 1. The van der Waals surface area contributed by atoms with E-state index < -0.39 is 12.3 Å². The second-order valence-electron chi connectivity index (χ2n) is 5.98. The summed E-state index contributed by atoms with van der Waals surface area (Å²) in [6.45, 7) is 4.30. The van der Waals surface area contributed by atoms with Gasteiger partial charge in [-0.15, -0.1) is 0 Å². The van der Waals surface area contributed by atoms with Gasteiger partial charge in [0.2, 0.25) is 0 Å². The van der Waals surface area contributed by atoms with Crippen LogP contribution in [0.1, 0.15) is 13.8 Å². The molecule has 24 heavy (non-hydrogen) atoms. The summed E-state index contributed by atoms with van der Waals surface area (Å²) in [5.41, 5.74) is 8.75. The molecule has 0 aliphatic heterocycles. The van der Waals surface area contributed by atoms with E-state index in [1.54, 1.807) is 7.11 Å². The first-order valence-electron chi connectivity index (χ1n) is 8.06. The molecule has 0 fully saturated rings. The van der Waals surface area contributed by atoms with Crippen LogP contribution < -0.4 is 15.8 Å². The topological polar surface area (TPSA) is 76.7 Å². The van der Waals surface area contributed by atoms with Crippen LogP contribution in [0.4, 0.5) is 5.69 Å². The van der Waals surface area contributed by atoms with Crippen molar-refractivity contribution in [3.8, 4) is 16.9 Å². The van der Waals surface area contributed by atoms with E-state index in [-0.39, 0.29) is 12.7 Å². The molecule has 0 radical (unpaired) electrons. The normalized spacial score (nSPS) is 13.6. The van der Waals surface area contributed by atoms with Gasteiger partial charge in [0.15, 0.2) is 0 Å². The Hall–Kier alpha value is -2.08. The van der Waals surface area contributed by atoms with Crippen molar-refractivity contribution in [1.29, 1.82) is 0 Å². The lowest BCUT2D eigenvalue weighted by Crippen LogP contribution is -2.43. The van der Waals surface area contributed by atoms with E-state index in [9.17, 15) is 5.11 Å². The number of nitrogens with two attached hydrogens (primary N) is 1. The smallest absolute Gasteiger partial charge is 0.142 e. The summed E-state index contributed by atoms with van der Waals surface area (Å²) < 4.78 is 10.7. The van der Waals surface area contributed by atoms with Crippen LogP contribution in [0.5, 0.6) is 5.75 Å². The highest BCUT2D eigenvalue weighted by Crippen LogP contribution is 2.25. The maximum atomic E-state index is 9.98. The van der Waals surface area contributed by atoms with E-state index in [2.05, 4.69) is 5.32 Å². The number of benzene rings is 2. The molecule has 0 heterocycles. The first-order chi connectivity index (χ1) is 11.5. The molecular weight excluding hydrogens is 304 g/mol. The molecule has 5 nitrogen and oxygen atoms in total. The van der Waals surface area contributed by atoms with E-state index >= 15 is 0 Å². The minimum absolute atomic E-state index is 0.143. The van der Waals surface area contributed by atoms with Crippen LogP contribution in [0.15, 0.2) is 48.5 Å². The monoisotopic (exact) mass is 330 g/mol. The van der Waals surface area contributed by atoms with Crippen molar-refractivity contribution in [2.75, 3.05) is 19.0 Å². The van der Waals surface area contributed by atoms with Crippen LogP contribution >= 0.6 is 0 Å². The van der Waals surface area contributed by atoms with Gasteiger partial charge in [-0.3, -0.25) is 0 Å². The fourth-order valence-corrected chi connectivity index (χ4v) is 2.34. The van der Waals surface area contributed by atoms with Gasteiger partial charge in [-0.1, -0.05) is 24.3 Å². The highest BCUT2D eigenvalue weighted by atomic mass is 16.5. The van der Waals surface area contributed by atoms with E-state index in [1.807, 2.05) is 62.4 Å². The predicted molar refractivity (Wildman–Crippen MR) is 97.1 cm³/mol. The molecule has 0 aromatic heterocycles. The summed E-state index contributed by atoms with van der Waals surface area (Å²) >= 11 is 0. The van der Waals surface area contributed by atoms with Crippen molar-refractivity contribution in [3.63, 3.8) is 0 Å². The van der Waals surface area contributed by atoms with Gasteiger partial charge in [-0.2, -0.15) is 0 Å². The molecule has 0 amide bonds. The average Bonchev–Trinajstić information content (AvgIpc) is 2.55. The van der Waals surface area contributed by atoms with Crippen LogP contribution in [0, 0.1) is 0 Å². The Bertz CT molecular complexity index is 629. The minimum atomic E-state index is -0.862. The van der Waals surface area contributed by atoms with Crippen molar-refractivity contribution in [2.24, 2.45) is 5.73 Å². The lowest BCUT2D eigenvalue weighted by Gasteiger charge is -2.20. The quantitative estimate of drug-likeness (QED) is 0.649. The van der Waals surface area contributed by atoms with E-state index in [1.165, 1.54) is 0 Å². The number of ether oxygens (including phenoxy) is 2. The summed E-state index contributed by atoms with van der Waals surface area (Å²) in [5, 5.41) is 12.9. The molecule has 2 rings (SSSR count). The summed E-state index contributed by atoms with van der Waals surface area (Å²) in [7, 11) is 1.55. The number of anilines is 1. The Morgan fingerprint density at radius 3 is 2.42 bits per heavy atom. The van der Waals surface area contributed by atoms with Crippen LogP contribution in [-0.4, -0.2) is 37.2 Å². The lowest BCUT2D eigenvalue weighted by molar-refractivity contribution is 0.103. The molecule has 0 bridgehead atoms. The molecule has 130 valence electrons. The Morgan fingerprint density at radius 2 is 1.79 bits per heavy atom. The molecule has 0 saturated carbocycles. The van der Waals surface area contributed by atoms with Crippen molar-refractivity contribution in [3.05, 3.63) is 48.5 Å². The minimum Gasteiger partial charge on any atom is -0.491 e. The third-order valence-electron chi connectivity index (χ3n) is 3.50. The van der Waals surface area contributed by atoms with Crippen molar-refractivity contribution in [1.82, 2.24) is 0 Å². The molecular formula is C19H26N2O3. The van der Waals surface area contributed by atoms with Gasteiger partial charge >= 0.3 is 0 Å². The fraction of sp³-hybridized carbons (Fsp3) is 0.368. The number of aliphatic hydroxyl groups is 1. The van der Waals surface area contributed by atoms with Crippen molar-refractivity contribution in [2.45, 2.75) is 32.2 Å². The zero-order valence-electron chi connectivity index (χ0n) is 14.4. The lowest BCUT2D eigenvalue weighted by atomic mass is 10.0. The maximum Gasteiger partial charge on any atom is 0.142 e. The van der Waals surface area contributed by atoms with Crippen LogP contribution in [-0.2, 0) is 4.74 Å². The molecule has 0 spiro atoms. The molecule has 2 unspecified atom stereocenters. The average molecular weight is 330 g/mol.